The van der Waals surface area contributed by atoms with E-state index in [1.807, 2.05) is 29.6 Å². The van der Waals surface area contributed by atoms with Gasteiger partial charge in [0.15, 0.2) is 6.10 Å². The number of benzene rings is 1. The minimum absolute atomic E-state index is 0.258. The molecule has 0 saturated heterocycles. The van der Waals surface area contributed by atoms with E-state index >= 15 is 0 Å². The van der Waals surface area contributed by atoms with Crippen molar-refractivity contribution in [2.75, 3.05) is 0 Å². The second-order valence-electron chi connectivity index (χ2n) is 4.83. The third-order valence-electron chi connectivity index (χ3n) is 2.99. The molecule has 0 saturated carbocycles. The van der Waals surface area contributed by atoms with Crippen LogP contribution in [-0.2, 0) is 9.53 Å². The molecule has 0 bridgehead atoms. The molecule has 100 valence electrons. The van der Waals surface area contributed by atoms with Gasteiger partial charge in [-0.15, -0.1) is 11.3 Å². The van der Waals surface area contributed by atoms with Gasteiger partial charge in [-0.05, 0) is 28.5 Å². The molecule has 2 nitrogen and oxygen atoms in total. The first-order valence-corrected chi connectivity index (χ1v) is 7.26. The van der Waals surface area contributed by atoms with E-state index < -0.39 is 0 Å². The van der Waals surface area contributed by atoms with Crippen molar-refractivity contribution in [3.8, 4) is 0 Å². The zero-order valence-electron chi connectivity index (χ0n) is 11.4. The van der Waals surface area contributed by atoms with Gasteiger partial charge in [0.05, 0.1) is 0 Å². The average molecular weight is 274 g/mol. The maximum Gasteiger partial charge on any atom is 0.303 e. The number of hydrogen-bond acceptors (Lipinski definition) is 3. The van der Waals surface area contributed by atoms with Gasteiger partial charge < -0.3 is 4.74 Å². The number of hydrogen-bond donors (Lipinski definition) is 0. The molecule has 0 unspecified atom stereocenters. The van der Waals surface area contributed by atoms with Gasteiger partial charge in [0.1, 0.15) is 0 Å². The molecule has 2 rings (SSSR count). The molecule has 1 aromatic carbocycles. The van der Waals surface area contributed by atoms with Gasteiger partial charge in [-0.25, -0.2) is 0 Å². The van der Waals surface area contributed by atoms with Crippen LogP contribution >= 0.6 is 11.3 Å². The Kier molecular flexibility index (Phi) is 4.38. The van der Waals surface area contributed by atoms with Crippen LogP contribution in [0.25, 0.3) is 0 Å². The Bertz CT molecular complexity index is 526. The maximum atomic E-state index is 11.3. The summed E-state index contributed by atoms with van der Waals surface area (Å²) in [6.07, 6.45) is -0.293. The lowest BCUT2D eigenvalue weighted by Crippen LogP contribution is -2.08. The zero-order chi connectivity index (χ0) is 13.8. The molecule has 1 aromatic heterocycles. The van der Waals surface area contributed by atoms with Gasteiger partial charge in [0.25, 0.3) is 0 Å². The molecule has 0 aliphatic carbocycles. The summed E-state index contributed by atoms with van der Waals surface area (Å²) >= 11 is 1.60. The molecule has 0 aliphatic rings. The fourth-order valence-electron chi connectivity index (χ4n) is 1.95. The number of thiophene rings is 1. The van der Waals surface area contributed by atoms with Crippen molar-refractivity contribution < 1.29 is 9.53 Å². The van der Waals surface area contributed by atoms with Gasteiger partial charge in [-0.1, -0.05) is 44.2 Å². The lowest BCUT2D eigenvalue weighted by Gasteiger charge is -2.17. The van der Waals surface area contributed by atoms with Crippen LogP contribution in [0.1, 0.15) is 48.8 Å². The number of carbonyl (C=O) groups is 1. The van der Waals surface area contributed by atoms with Crippen LogP contribution in [0.2, 0.25) is 0 Å². The molecule has 3 heteroatoms. The molecule has 0 radical (unpaired) electrons. The molecule has 1 heterocycles. The first kappa shape index (κ1) is 13.8. The van der Waals surface area contributed by atoms with Gasteiger partial charge in [0, 0.05) is 11.8 Å². The van der Waals surface area contributed by atoms with E-state index in [1.165, 1.54) is 12.5 Å². The molecule has 2 aromatic rings. The normalized spacial score (nSPS) is 12.4. The van der Waals surface area contributed by atoms with E-state index in [4.69, 9.17) is 4.74 Å². The highest BCUT2D eigenvalue weighted by atomic mass is 32.1. The van der Waals surface area contributed by atoms with E-state index in [2.05, 4.69) is 26.0 Å². The first-order chi connectivity index (χ1) is 9.08. The summed E-state index contributed by atoms with van der Waals surface area (Å²) in [7, 11) is 0. The predicted octanol–water partition coefficient (Wildman–Crippen LogP) is 4.52. The summed E-state index contributed by atoms with van der Waals surface area (Å²) in [6, 6.07) is 12.3. The highest BCUT2D eigenvalue weighted by molar-refractivity contribution is 7.10. The Balaban J connectivity index is 2.30. The molecule has 19 heavy (non-hydrogen) atoms. The van der Waals surface area contributed by atoms with Crippen molar-refractivity contribution in [1.82, 2.24) is 0 Å². The van der Waals surface area contributed by atoms with E-state index in [-0.39, 0.29) is 12.1 Å². The minimum Gasteiger partial charge on any atom is -0.452 e. The van der Waals surface area contributed by atoms with Gasteiger partial charge >= 0.3 is 5.97 Å². The Morgan fingerprint density at radius 1 is 1.11 bits per heavy atom. The molecule has 0 fully saturated rings. The van der Waals surface area contributed by atoms with Crippen LogP contribution in [0.4, 0.5) is 0 Å². The van der Waals surface area contributed by atoms with Crippen LogP contribution in [0, 0.1) is 0 Å². The third-order valence-corrected chi connectivity index (χ3v) is 3.91. The SMILES string of the molecule is CC(=O)O[C@@H](c1ccc(C(C)C)cc1)c1cccs1. The van der Waals surface area contributed by atoms with E-state index in [9.17, 15) is 4.79 Å². The van der Waals surface area contributed by atoms with E-state index in [0.717, 1.165) is 10.4 Å². The summed E-state index contributed by atoms with van der Waals surface area (Å²) in [6.45, 7) is 5.78. The predicted molar refractivity (Wildman–Crippen MR) is 78.5 cm³/mol. The number of rotatable bonds is 4. The molecule has 0 N–H and O–H groups in total. The van der Waals surface area contributed by atoms with Crippen molar-refractivity contribution in [3.63, 3.8) is 0 Å². The lowest BCUT2D eigenvalue weighted by molar-refractivity contribution is -0.144. The summed E-state index contributed by atoms with van der Waals surface area (Å²) in [4.78, 5) is 12.3. The topological polar surface area (TPSA) is 26.3 Å². The quantitative estimate of drug-likeness (QED) is 0.766. The first-order valence-electron chi connectivity index (χ1n) is 6.38. The molecule has 0 amide bonds. The highest BCUT2D eigenvalue weighted by Gasteiger charge is 2.18. The van der Waals surface area contributed by atoms with Crippen molar-refractivity contribution in [3.05, 3.63) is 57.8 Å². The minimum atomic E-state index is -0.293. The van der Waals surface area contributed by atoms with Crippen molar-refractivity contribution in [2.45, 2.75) is 32.8 Å². The standard InChI is InChI=1S/C16H18O2S/c1-11(2)13-6-8-14(9-7-13)16(18-12(3)17)15-5-4-10-19-15/h4-11,16H,1-3H3/t16-/m0/s1. The summed E-state index contributed by atoms with van der Waals surface area (Å²) in [5.41, 5.74) is 2.30. The van der Waals surface area contributed by atoms with E-state index in [0.29, 0.717) is 5.92 Å². The Morgan fingerprint density at radius 2 is 1.74 bits per heavy atom. The number of ether oxygens (including phenoxy) is 1. The van der Waals surface area contributed by atoms with Gasteiger partial charge in [-0.3, -0.25) is 4.79 Å². The fourth-order valence-corrected chi connectivity index (χ4v) is 2.73. The summed E-state index contributed by atoms with van der Waals surface area (Å²) in [5.74, 6) is 0.245. The molecule has 0 spiro atoms. The second kappa shape index (κ2) is 6.02. The van der Waals surface area contributed by atoms with Gasteiger partial charge in [0.2, 0.25) is 0 Å². The molecule has 1 atom stereocenters. The summed E-state index contributed by atoms with van der Waals surface area (Å²) in [5, 5.41) is 1.99. The van der Waals surface area contributed by atoms with Crippen molar-refractivity contribution in [1.29, 1.82) is 0 Å². The smallest absolute Gasteiger partial charge is 0.303 e. The van der Waals surface area contributed by atoms with Crippen LogP contribution in [0.5, 0.6) is 0 Å². The number of esters is 1. The highest BCUT2D eigenvalue weighted by Crippen LogP contribution is 2.30. The fraction of sp³-hybridized carbons (Fsp3) is 0.312. The molecular weight excluding hydrogens is 256 g/mol. The van der Waals surface area contributed by atoms with Crippen LogP contribution in [0.3, 0.4) is 0 Å². The van der Waals surface area contributed by atoms with Gasteiger partial charge in [-0.2, -0.15) is 0 Å². The van der Waals surface area contributed by atoms with Crippen molar-refractivity contribution >= 4 is 17.3 Å². The Hall–Kier alpha value is -1.61. The second-order valence-corrected chi connectivity index (χ2v) is 5.81. The Morgan fingerprint density at radius 3 is 2.21 bits per heavy atom. The molecule has 0 aliphatic heterocycles. The largest absolute Gasteiger partial charge is 0.452 e. The van der Waals surface area contributed by atoms with Crippen LogP contribution in [0.15, 0.2) is 41.8 Å². The van der Waals surface area contributed by atoms with Crippen LogP contribution in [-0.4, -0.2) is 5.97 Å². The summed E-state index contributed by atoms with van der Waals surface area (Å²) < 4.78 is 5.45. The zero-order valence-corrected chi connectivity index (χ0v) is 12.2. The monoisotopic (exact) mass is 274 g/mol. The van der Waals surface area contributed by atoms with Crippen LogP contribution < -0.4 is 0 Å². The van der Waals surface area contributed by atoms with Crippen molar-refractivity contribution in [2.24, 2.45) is 0 Å². The molecular formula is C16H18O2S. The average Bonchev–Trinajstić information content (AvgIpc) is 2.89. The van der Waals surface area contributed by atoms with E-state index in [1.54, 1.807) is 11.3 Å². The number of carbonyl (C=O) groups excluding carboxylic acids is 1. The third kappa shape index (κ3) is 3.44. The Labute approximate surface area is 118 Å². The maximum absolute atomic E-state index is 11.3. The lowest BCUT2D eigenvalue weighted by atomic mass is 9.99.